The van der Waals surface area contributed by atoms with Gasteiger partial charge in [0.25, 0.3) is 10.1 Å². The van der Waals surface area contributed by atoms with Gasteiger partial charge < -0.3 is 18.9 Å². The zero-order chi connectivity index (χ0) is 17.5. The van der Waals surface area contributed by atoms with E-state index in [1.165, 1.54) is 14.2 Å². The summed E-state index contributed by atoms with van der Waals surface area (Å²) in [6.07, 6.45) is 0. The second kappa shape index (κ2) is 10.8. The Morgan fingerprint density at radius 2 is 1.54 bits per heavy atom. The molecule has 0 radical (unpaired) electrons. The average molecular weight is 375 g/mol. The number of hydrogen-bond acceptors (Lipinski definition) is 8. The Balaban J connectivity index is 0.00000529. The van der Waals surface area contributed by atoms with E-state index in [9.17, 15) is 23.1 Å². The summed E-state index contributed by atoms with van der Waals surface area (Å²) in [5, 5.41) is 11.1. The van der Waals surface area contributed by atoms with Gasteiger partial charge in [0.05, 0.1) is 18.1 Å². The van der Waals surface area contributed by atoms with Crippen molar-refractivity contribution in [3.63, 3.8) is 0 Å². The first-order valence-electron chi connectivity index (χ1n) is 6.34. The van der Waals surface area contributed by atoms with E-state index in [0.717, 1.165) is 6.07 Å². The second-order valence-corrected chi connectivity index (χ2v) is 5.57. The Bertz CT molecular complexity index is 650. The van der Waals surface area contributed by atoms with Crippen LogP contribution in [0.5, 0.6) is 11.5 Å². The van der Waals surface area contributed by atoms with Crippen molar-refractivity contribution < 1.29 is 36.8 Å². The van der Waals surface area contributed by atoms with Crippen LogP contribution in [0.15, 0.2) is 17.0 Å². The molecule has 0 aliphatic rings. The predicted octanol–water partition coefficient (Wildman–Crippen LogP) is 0.243. The maximum atomic E-state index is 11.4. The standard InChI is InChI=1S/C12H17NO9S.Na.H/c1-19-3-5-21-10-8-11(22-6-4-20-2)12(23(16,17)18)7-9(10)13(14)15;;/h7-8H,3-6H2,1-2H3,(H,16,17,18);;. The molecule has 24 heavy (non-hydrogen) atoms. The molecule has 0 unspecified atom stereocenters. The number of nitro groups is 1. The van der Waals surface area contributed by atoms with E-state index in [1.807, 2.05) is 0 Å². The first kappa shape index (κ1) is 23.1. The minimum atomic E-state index is -4.72. The van der Waals surface area contributed by atoms with Crippen LogP contribution < -0.4 is 9.47 Å². The van der Waals surface area contributed by atoms with Gasteiger partial charge in [-0.15, -0.1) is 0 Å². The number of rotatable bonds is 10. The van der Waals surface area contributed by atoms with Gasteiger partial charge >= 0.3 is 35.2 Å². The fourth-order valence-electron chi connectivity index (χ4n) is 1.57. The third-order valence-electron chi connectivity index (χ3n) is 2.59. The molecule has 1 N–H and O–H groups in total. The summed E-state index contributed by atoms with van der Waals surface area (Å²) in [5.74, 6) is -0.477. The molecule has 10 nitrogen and oxygen atoms in total. The van der Waals surface area contributed by atoms with Gasteiger partial charge in [0.15, 0.2) is 0 Å². The summed E-state index contributed by atoms with van der Waals surface area (Å²) in [6.45, 7) is 0.327. The third-order valence-corrected chi connectivity index (χ3v) is 3.46. The van der Waals surface area contributed by atoms with Crippen LogP contribution in [0.2, 0.25) is 0 Å². The van der Waals surface area contributed by atoms with E-state index in [0.29, 0.717) is 6.07 Å². The summed E-state index contributed by atoms with van der Waals surface area (Å²) in [6, 6.07) is 1.71. The monoisotopic (exact) mass is 375 g/mol. The van der Waals surface area contributed by atoms with Crippen molar-refractivity contribution in [3.8, 4) is 11.5 Å². The number of benzene rings is 1. The van der Waals surface area contributed by atoms with Crippen LogP contribution in [-0.4, -0.2) is 88.1 Å². The van der Waals surface area contributed by atoms with Gasteiger partial charge in [-0.25, -0.2) is 0 Å². The molecule has 0 aliphatic carbocycles. The van der Waals surface area contributed by atoms with E-state index in [2.05, 4.69) is 0 Å². The van der Waals surface area contributed by atoms with Crippen LogP contribution in [0.3, 0.4) is 0 Å². The van der Waals surface area contributed by atoms with Gasteiger partial charge in [0.1, 0.15) is 23.9 Å². The van der Waals surface area contributed by atoms with Crippen LogP contribution in [0.25, 0.3) is 0 Å². The predicted molar refractivity (Wildman–Crippen MR) is 84.8 cm³/mol. The van der Waals surface area contributed by atoms with Gasteiger partial charge in [0.2, 0.25) is 5.75 Å². The Morgan fingerprint density at radius 3 is 1.96 bits per heavy atom. The average Bonchev–Trinajstić information content (AvgIpc) is 2.46. The minimum absolute atomic E-state index is 0. The van der Waals surface area contributed by atoms with Crippen LogP contribution in [0.4, 0.5) is 5.69 Å². The summed E-state index contributed by atoms with van der Waals surface area (Å²) >= 11 is 0. The SMILES string of the molecule is COCCOc1cc(OCCOC)c(S(=O)(=O)O)cc1[N+](=O)[O-].[NaH]. The number of methoxy groups -OCH3 is 2. The molecule has 132 valence electrons. The summed E-state index contributed by atoms with van der Waals surface area (Å²) in [7, 11) is -1.87. The molecule has 1 aromatic rings. The van der Waals surface area contributed by atoms with Crippen molar-refractivity contribution in [1.29, 1.82) is 0 Å². The van der Waals surface area contributed by atoms with Crippen molar-refractivity contribution in [3.05, 3.63) is 22.2 Å². The molecule has 0 amide bonds. The number of nitrogens with zero attached hydrogens (tertiary/aromatic N) is 1. The van der Waals surface area contributed by atoms with Crippen molar-refractivity contribution in [2.45, 2.75) is 4.90 Å². The van der Waals surface area contributed by atoms with Crippen molar-refractivity contribution >= 4 is 45.4 Å². The van der Waals surface area contributed by atoms with E-state index in [4.69, 9.17) is 18.9 Å². The molecule has 0 saturated heterocycles. The topological polar surface area (TPSA) is 134 Å². The summed E-state index contributed by atoms with van der Waals surface area (Å²) in [5.41, 5.74) is -0.618. The molecular weight excluding hydrogens is 357 g/mol. The third kappa shape index (κ3) is 6.89. The van der Waals surface area contributed by atoms with E-state index < -0.39 is 25.6 Å². The normalized spacial score (nSPS) is 10.8. The number of nitro benzene ring substituents is 1. The Hall–Kier alpha value is -0.950. The molecule has 0 spiro atoms. The molecule has 0 saturated carbocycles. The molecule has 0 heterocycles. The Kier molecular flexibility index (Phi) is 10.4. The van der Waals surface area contributed by atoms with Gasteiger partial charge in [-0.2, -0.15) is 8.42 Å². The van der Waals surface area contributed by atoms with Crippen molar-refractivity contribution in [1.82, 2.24) is 0 Å². The van der Waals surface area contributed by atoms with Crippen molar-refractivity contribution in [2.24, 2.45) is 0 Å². The van der Waals surface area contributed by atoms with Gasteiger partial charge in [-0.1, -0.05) is 0 Å². The zero-order valence-corrected chi connectivity index (χ0v) is 13.4. The fourth-order valence-corrected chi connectivity index (χ4v) is 2.21. The van der Waals surface area contributed by atoms with Gasteiger partial charge in [-0.05, 0) is 0 Å². The number of ether oxygens (including phenoxy) is 4. The van der Waals surface area contributed by atoms with Gasteiger partial charge in [0, 0.05) is 26.4 Å². The zero-order valence-electron chi connectivity index (χ0n) is 12.6. The number of hydrogen-bond donors (Lipinski definition) is 1. The molecule has 0 aromatic heterocycles. The first-order chi connectivity index (χ1) is 10.8. The van der Waals surface area contributed by atoms with Crippen LogP contribution in [-0.2, 0) is 19.6 Å². The van der Waals surface area contributed by atoms with Crippen LogP contribution in [0, 0.1) is 10.1 Å². The molecule has 0 fully saturated rings. The molecule has 1 aromatic carbocycles. The quantitative estimate of drug-likeness (QED) is 0.201. The maximum absolute atomic E-state index is 11.4. The molecule has 1 rings (SSSR count). The van der Waals surface area contributed by atoms with E-state index in [-0.39, 0.29) is 67.5 Å². The van der Waals surface area contributed by atoms with Crippen molar-refractivity contribution in [2.75, 3.05) is 40.6 Å². The Morgan fingerprint density at radius 1 is 1.04 bits per heavy atom. The summed E-state index contributed by atoms with van der Waals surface area (Å²) < 4.78 is 51.9. The van der Waals surface area contributed by atoms with E-state index >= 15 is 0 Å². The fraction of sp³-hybridized carbons (Fsp3) is 0.500. The molecule has 12 heteroatoms. The van der Waals surface area contributed by atoms with Crippen LogP contribution in [0.1, 0.15) is 0 Å². The molecule has 0 atom stereocenters. The first-order valence-corrected chi connectivity index (χ1v) is 7.78. The summed E-state index contributed by atoms with van der Waals surface area (Å²) in [4.78, 5) is 9.52. The van der Waals surface area contributed by atoms with E-state index in [1.54, 1.807) is 0 Å². The van der Waals surface area contributed by atoms with Crippen LogP contribution >= 0.6 is 0 Å². The van der Waals surface area contributed by atoms with Gasteiger partial charge in [-0.3, -0.25) is 14.7 Å². The second-order valence-electron chi connectivity index (χ2n) is 4.18. The molecule has 0 bridgehead atoms. The molecule has 0 aliphatic heterocycles. The molecular formula is C12H18NNaO9S. The Labute approximate surface area is 161 Å².